The molecule has 0 amide bonds. The summed E-state index contributed by atoms with van der Waals surface area (Å²) in [7, 11) is 3.54. The van der Waals surface area contributed by atoms with Crippen LogP contribution in [-0.4, -0.2) is 115 Å². The van der Waals surface area contributed by atoms with Gasteiger partial charge in [-0.3, -0.25) is 9.13 Å². The molecule has 0 aromatic rings. The number of likely N-dealkylation sites (N-methyl/N-ethyl adjacent to an activating group) is 1. The van der Waals surface area contributed by atoms with E-state index < -0.39 is 15.6 Å². The molecule has 0 spiro atoms. The summed E-state index contributed by atoms with van der Waals surface area (Å²) in [6.07, 6.45) is 41.5. The lowest BCUT2D eigenvalue weighted by molar-refractivity contribution is -0.896. The molecule has 1 aliphatic rings. The lowest BCUT2D eigenvalue weighted by Crippen LogP contribution is -2.48. The summed E-state index contributed by atoms with van der Waals surface area (Å²) >= 11 is 1.86. The molecule has 3 atom stereocenters. The number of hydrogen-bond acceptors (Lipinski definition) is 10. The van der Waals surface area contributed by atoms with Gasteiger partial charge in [0.05, 0.1) is 74.3 Å². The molecule has 392 valence electrons. The molecule has 0 bridgehead atoms. The second-order valence-corrected chi connectivity index (χ2v) is 24.8. The first-order valence-corrected chi connectivity index (χ1v) is 31.1. The molecule has 11 nitrogen and oxygen atoms in total. The Balaban J connectivity index is 0.00000126. The average molecular weight is 987 g/mol. The van der Waals surface area contributed by atoms with E-state index in [1.54, 1.807) is 7.11 Å². The van der Waals surface area contributed by atoms with Gasteiger partial charge in [-0.2, -0.15) is 11.8 Å². The van der Waals surface area contributed by atoms with Gasteiger partial charge in [-0.15, -0.1) is 0 Å². The van der Waals surface area contributed by atoms with E-state index in [4.69, 9.17) is 22.8 Å². The summed E-state index contributed by atoms with van der Waals surface area (Å²) < 4.78 is 51.2. The zero-order valence-corrected chi connectivity index (χ0v) is 46.6. The van der Waals surface area contributed by atoms with E-state index >= 15 is 0 Å². The number of hydrogen-bond donors (Lipinski definition) is 0. The fraction of sp³-hybridized carbons (Fsp3) is 1.00. The first-order valence-electron chi connectivity index (χ1n) is 27.0. The fourth-order valence-corrected chi connectivity index (χ4v) is 10.9. The molecule has 1 aliphatic heterocycles. The molecule has 0 saturated carbocycles. The normalized spacial score (nSPS) is 16.8. The Morgan fingerprint density at radius 1 is 0.554 bits per heavy atom. The Hall–Kier alpha value is 0.450. The van der Waals surface area contributed by atoms with Crippen molar-refractivity contribution in [3.05, 3.63) is 0 Å². The summed E-state index contributed by atoms with van der Waals surface area (Å²) in [5.41, 5.74) is 0. The van der Waals surface area contributed by atoms with Gasteiger partial charge >= 0.3 is 0 Å². The summed E-state index contributed by atoms with van der Waals surface area (Å²) in [6, 6.07) is 0. The van der Waals surface area contributed by atoms with Crippen molar-refractivity contribution in [2.75, 3.05) is 99.9 Å². The van der Waals surface area contributed by atoms with E-state index in [-0.39, 0.29) is 31.8 Å². The smallest absolute Gasteiger partial charge is 0.268 e. The number of phosphoric acid groups is 2. The number of thioether (sulfide) groups is 1. The van der Waals surface area contributed by atoms with Crippen molar-refractivity contribution in [3.8, 4) is 0 Å². The quantitative estimate of drug-likeness (QED) is 0.0330. The number of unbranched alkanes of at least 4 members (excludes halogenated alkanes) is 28. The molecule has 1 heterocycles. The summed E-state index contributed by atoms with van der Waals surface area (Å²) in [5.74, 6) is 1.99. The monoisotopic (exact) mass is 987 g/mol. The molecule has 14 heteroatoms. The van der Waals surface area contributed by atoms with Crippen LogP contribution in [0.25, 0.3) is 0 Å². The Labute approximate surface area is 407 Å². The number of likely N-dealkylation sites (tertiary alicyclic amines) is 1. The predicted octanol–water partition coefficient (Wildman–Crippen LogP) is 13.7. The van der Waals surface area contributed by atoms with Gasteiger partial charge in [0.2, 0.25) is 0 Å². The Morgan fingerprint density at radius 2 is 0.938 bits per heavy atom. The second kappa shape index (κ2) is 43.3. The predicted molar refractivity (Wildman–Crippen MR) is 274 cm³/mol. The number of piperidine rings is 1. The highest BCUT2D eigenvalue weighted by atomic mass is 32.2. The molecule has 3 unspecified atom stereocenters. The minimum atomic E-state index is -4.26. The highest BCUT2D eigenvalue weighted by Crippen LogP contribution is 2.42. The molecular formula is C51H108N2O9P2S. The van der Waals surface area contributed by atoms with Crippen LogP contribution in [0.2, 0.25) is 0 Å². The Morgan fingerprint density at radius 3 is 1.34 bits per heavy atom. The first-order chi connectivity index (χ1) is 31.0. The second-order valence-electron chi connectivity index (χ2n) is 20.9. The largest absolute Gasteiger partial charge is 0.756 e. The van der Waals surface area contributed by atoms with Crippen LogP contribution in [0.1, 0.15) is 219 Å². The van der Waals surface area contributed by atoms with Crippen molar-refractivity contribution in [1.29, 1.82) is 0 Å². The van der Waals surface area contributed by atoms with Gasteiger partial charge in [-0.1, -0.05) is 194 Å². The van der Waals surface area contributed by atoms with Gasteiger partial charge < -0.3 is 41.6 Å². The highest BCUT2D eigenvalue weighted by Gasteiger charge is 2.29. The number of rotatable bonds is 46. The van der Waals surface area contributed by atoms with Crippen LogP contribution < -0.4 is 9.79 Å². The third-order valence-corrected chi connectivity index (χ3v) is 15.8. The minimum absolute atomic E-state index is 0.0471. The molecular weight excluding hydrogens is 879 g/mol. The maximum Gasteiger partial charge on any atom is 0.268 e. The lowest BCUT2D eigenvalue weighted by atomic mass is 10.0. The number of ether oxygens (including phenoxy) is 1. The van der Waals surface area contributed by atoms with Crippen LogP contribution in [0.15, 0.2) is 0 Å². The number of phosphoric ester groups is 2. The van der Waals surface area contributed by atoms with Crippen molar-refractivity contribution in [2.45, 2.75) is 225 Å². The standard InChI is InChI=1S/C26H56NO5PS.C25H52NO4P/c1-6-7-8-9-10-11-12-13-14-15-16-17-18-19-22-34-25-26(23-30-5)24-32-33(28,29)31-21-20-27(2,3)4;1-4-5-6-7-8-9-10-11-12-13-14-15-16-17-18-19-24-29-31(27,28)30-25-20-22-26(2,3)23-21-25/h26H,6-25H2,1-5H3;25H,4-24H2,1-3H3. The molecule has 1 fully saturated rings. The minimum Gasteiger partial charge on any atom is -0.756 e. The molecule has 1 saturated heterocycles. The molecule has 1 rings (SSSR count). The third kappa shape index (κ3) is 47.9. The van der Waals surface area contributed by atoms with E-state index in [2.05, 4.69) is 27.9 Å². The Kier molecular flexibility index (Phi) is 43.6. The maximum absolute atomic E-state index is 12.0. The van der Waals surface area contributed by atoms with Crippen LogP contribution in [0, 0.1) is 5.92 Å². The summed E-state index contributed by atoms with van der Waals surface area (Å²) in [6.45, 7) is 8.04. The van der Waals surface area contributed by atoms with Crippen LogP contribution in [0.4, 0.5) is 0 Å². The van der Waals surface area contributed by atoms with Crippen LogP contribution >= 0.6 is 27.4 Å². The van der Waals surface area contributed by atoms with Crippen molar-refractivity contribution < 1.29 is 50.7 Å². The first kappa shape index (κ1) is 65.5. The molecule has 0 radical (unpaired) electrons. The van der Waals surface area contributed by atoms with Crippen LogP contribution in [0.5, 0.6) is 0 Å². The van der Waals surface area contributed by atoms with Gasteiger partial charge in [0.1, 0.15) is 13.2 Å². The maximum atomic E-state index is 12.0. The van der Waals surface area contributed by atoms with Crippen molar-refractivity contribution in [2.24, 2.45) is 5.92 Å². The fourth-order valence-electron chi connectivity index (χ4n) is 8.08. The Bertz CT molecular complexity index is 1120. The SMILES string of the molecule is CCCCCCCCCCCCCCCCCCOP(=O)([O-])OC1CC[N+](C)(C)CC1.CCCCCCCCCCCCCCCCSCC(COC)COP(=O)([O-])OCC[N+](C)(C)C. The molecule has 0 aliphatic carbocycles. The van der Waals surface area contributed by atoms with E-state index in [0.29, 0.717) is 17.6 Å². The van der Waals surface area contributed by atoms with Gasteiger partial charge in [-0.25, -0.2) is 0 Å². The van der Waals surface area contributed by atoms with Crippen molar-refractivity contribution in [3.63, 3.8) is 0 Å². The summed E-state index contributed by atoms with van der Waals surface area (Å²) in [4.78, 5) is 24.0. The number of nitrogens with zero attached hydrogens (tertiary/aromatic N) is 2. The molecule has 0 aromatic heterocycles. The van der Waals surface area contributed by atoms with Crippen molar-refractivity contribution in [1.82, 2.24) is 0 Å². The highest BCUT2D eigenvalue weighted by molar-refractivity contribution is 7.99. The van der Waals surface area contributed by atoms with Gasteiger partial charge in [0.25, 0.3) is 15.6 Å². The average Bonchev–Trinajstić information content (AvgIpc) is 3.24. The number of methoxy groups -OCH3 is 1. The molecule has 65 heavy (non-hydrogen) atoms. The molecule has 0 aromatic carbocycles. The van der Waals surface area contributed by atoms with Gasteiger partial charge in [0, 0.05) is 31.6 Å². The van der Waals surface area contributed by atoms with Crippen LogP contribution in [-0.2, 0) is 32.0 Å². The zero-order chi connectivity index (χ0) is 48.4. The van der Waals surface area contributed by atoms with E-state index in [1.165, 1.54) is 180 Å². The van der Waals surface area contributed by atoms with Crippen molar-refractivity contribution >= 4 is 27.4 Å². The number of quaternary nitrogens is 2. The van der Waals surface area contributed by atoms with E-state index in [9.17, 15) is 18.9 Å². The van der Waals surface area contributed by atoms with E-state index in [1.807, 2.05) is 32.9 Å². The molecule has 0 N–H and O–H groups in total. The van der Waals surface area contributed by atoms with Crippen LogP contribution in [0.3, 0.4) is 0 Å². The van der Waals surface area contributed by atoms with Gasteiger partial charge in [0.15, 0.2) is 0 Å². The lowest BCUT2D eigenvalue weighted by Gasteiger charge is -2.38. The topological polar surface area (TPSA) is 126 Å². The third-order valence-electron chi connectivity index (χ3n) is 12.5. The van der Waals surface area contributed by atoms with E-state index in [0.717, 1.165) is 54.8 Å². The zero-order valence-electron chi connectivity index (χ0n) is 44.0. The summed E-state index contributed by atoms with van der Waals surface area (Å²) in [5, 5.41) is 0. The van der Waals surface area contributed by atoms with Gasteiger partial charge in [-0.05, 0) is 18.6 Å².